The van der Waals surface area contributed by atoms with E-state index in [1.54, 1.807) is 0 Å². The number of hydrogen-bond donors (Lipinski definition) is 0. The number of hydrogen-bond acceptors (Lipinski definition) is 4. The summed E-state index contributed by atoms with van der Waals surface area (Å²) >= 11 is 0. The molecule has 24 heavy (non-hydrogen) atoms. The van der Waals surface area contributed by atoms with Crippen LogP contribution in [-0.4, -0.2) is 13.1 Å². The van der Waals surface area contributed by atoms with Gasteiger partial charge >= 0.3 is 5.97 Å². The van der Waals surface area contributed by atoms with E-state index in [1.807, 2.05) is 6.08 Å². The highest BCUT2D eigenvalue weighted by Gasteiger charge is 1.89. The summed E-state index contributed by atoms with van der Waals surface area (Å²) in [4.78, 5) is 24.6. The second-order valence-electron chi connectivity index (χ2n) is 3.81. The van der Waals surface area contributed by atoms with Gasteiger partial charge in [-0.05, 0) is 60.2 Å². The lowest BCUT2D eigenvalue weighted by Crippen LogP contribution is -1.93. The Balaban J connectivity index is -0.0000000232. The molecule has 0 aliphatic heterocycles. The zero-order valence-electron chi connectivity index (χ0n) is 14.0. The van der Waals surface area contributed by atoms with Crippen molar-refractivity contribution in [2.75, 3.05) is 7.11 Å². The Hall–Kier alpha value is -3.39. The van der Waals surface area contributed by atoms with E-state index in [9.17, 15) is 4.79 Å². The van der Waals surface area contributed by atoms with Gasteiger partial charge in [-0.2, -0.15) is 0 Å². The summed E-state index contributed by atoms with van der Waals surface area (Å²) in [5.74, 6) is 18.1. The molecule has 0 fully saturated rings. The molecule has 0 bridgehead atoms. The minimum absolute atomic E-state index is 0. The maximum atomic E-state index is 10.6. The molecule has 0 saturated carbocycles. The highest BCUT2D eigenvalue weighted by atomic mass is 16.7. The molecule has 0 atom stereocenters. The number of ether oxygens (including phenoxy) is 1. The van der Waals surface area contributed by atoms with E-state index >= 15 is 0 Å². The first-order valence-electron chi connectivity index (χ1n) is 7.05. The molecule has 0 aromatic heterocycles. The number of terminal acetylenes is 2. The summed E-state index contributed by atoms with van der Waals surface area (Å²) in [5, 5.41) is 0. The predicted molar refractivity (Wildman–Crippen MR) is 115 cm³/mol. The quantitative estimate of drug-likeness (QED) is 0.296. The van der Waals surface area contributed by atoms with Gasteiger partial charge < -0.3 is 4.74 Å². The van der Waals surface area contributed by atoms with Crippen molar-refractivity contribution in [2.45, 2.75) is 39.0 Å². The Morgan fingerprint density at radius 3 is 1.88 bits per heavy atom. The molecule has 0 unspecified atom stereocenters. The Kier molecular flexibility index (Phi) is 29.7. The molecule has 140 valence electrons. The third-order valence-corrected chi connectivity index (χ3v) is 2.14. The van der Waals surface area contributed by atoms with Crippen LogP contribution >= 0.6 is 0 Å². The lowest BCUT2D eigenvalue weighted by atomic mass is 10.1. The van der Waals surface area contributed by atoms with E-state index in [0.29, 0.717) is 0 Å². The number of carbonyl (C=O) groups is 1. The first-order chi connectivity index (χ1) is 11.7. The van der Waals surface area contributed by atoms with Crippen LogP contribution in [0.3, 0.4) is 0 Å². The molecular weight excluding hydrogens is 304 g/mol. The Morgan fingerprint density at radius 1 is 0.958 bits per heavy atom. The highest BCUT2D eigenvalue weighted by Crippen LogP contribution is 2.02. The summed E-state index contributed by atoms with van der Waals surface area (Å²) in [6.45, 7) is 2.18. The lowest BCUT2D eigenvalue weighted by molar-refractivity contribution is -0.134. The Morgan fingerprint density at radius 2 is 1.46 bits per heavy atom. The van der Waals surface area contributed by atoms with Crippen molar-refractivity contribution < 1.29 is 20.9 Å². The molecule has 0 radical (unpaired) electrons. The molecule has 0 rings (SSSR count). The van der Waals surface area contributed by atoms with E-state index in [4.69, 9.17) is 22.8 Å². The molecule has 0 saturated heterocycles. The summed E-state index contributed by atoms with van der Waals surface area (Å²) in [6.07, 6.45) is 18.9. The standard InChI is InChI=1S/C10H18O2.C10H2.O2.8H2/c1-3-4-5-6-7-8-9-10(11)12-2;1-3-5-7-9-10-8-6-4-2;1-2;;;;;;;;/h8-9H,3-7H2,1-2H3;1-2H;;8*1H/b9-8+;;;;;;;;;;. The van der Waals surface area contributed by atoms with Gasteiger partial charge in [0.2, 0.25) is 0 Å². The van der Waals surface area contributed by atoms with E-state index in [-0.39, 0.29) is 17.4 Å². The number of rotatable bonds is 6. The first kappa shape index (κ1) is 25.6. The zero-order valence-corrected chi connectivity index (χ0v) is 14.0. The fourth-order valence-electron chi connectivity index (χ4n) is 1.13. The molecule has 0 heterocycles. The zero-order chi connectivity index (χ0) is 18.9. The van der Waals surface area contributed by atoms with E-state index in [2.05, 4.69) is 59.0 Å². The molecule has 0 aromatic carbocycles. The van der Waals surface area contributed by atoms with Gasteiger partial charge in [0, 0.05) is 27.4 Å². The van der Waals surface area contributed by atoms with Crippen LogP contribution in [0.4, 0.5) is 0 Å². The largest absolute Gasteiger partial charge is 0.466 e. The number of unbranched alkanes of at least 4 members (excludes halogenated alkanes) is 4. The fraction of sp³-hybridized carbons (Fsp3) is 0.350. The van der Waals surface area contributed by atoms with E-state index in [1.165, 1.54) is 38.9 Å². The maximum Gasteiger partial charge on any atom is 0.330 e. The number of allylic oxidation sites excluding steroid dienone is 1. The van der Waals surface area contributed by atoms with Crippen LogP contribution in [0.1, 0.15) is 50.4 Å². The summed E-state index contributed by atoms with van der Waals surface area (Å²) in [7, 11) is 1.39. The van der Waals surface area contributed by atoms with Gasteiger partial charge in [-0.15, -0.1) is 12.8 Å². The molecule has 0 aliphatic carbocycles. The van der Waals surface area contributed by atoms with Gasteiger partial charge in [0.1, 0.15) is 0 Å². The average Bonchev–Trinajstić information content (AvgIpc) is 2.63. The smallest absolute Gasteiger partial charge is 0.330 e. The highest BCUT2D eigenvalue weighted by molar-refractivity contribution is 5.81. The van der Waals surface area contributed by atoms with Crippen LogP contribution in [0, 0.1) is 70.1 Å². The Bertz CT molecular complexity index is 601. The first-order valence-corrected chi connectivity index (χ1v) is 7.05. The molecule has 4 nitrogen and oxygen atoms in total. The van der Waals surface area contributed by atoms with Gasteiger partial charge in [-0.25, -0.2) is 4.79 Å². The van der Waals surface area contributed by atoms with E-state index < -0.39 is 0 Å². The monoisotopic (exact) mass is 340 g/mol. The van der Waals surface area contributed by atoms with Crippen molar-refractivity contribution in [1.82, 2.24) is 0 Å². The van der Waals surface area contributed by atoms with Crippen LogP contribution in [0.5, 0.6) is 0 Å². The van der Waals surface area contributed by atoms with Gasteiger partial charge in [-0.1, -0.05) is 32.3 Å². The fourth-order valence-corrected chi connectivity index (χ4v) is 1.13. The summed E-state index contributed by atoms with van der Waals surface area (Å²) in [5.41, 5.74) is 0. The molecule has 0 aliphatic rings. The van der Waals surface area contributed by atoms with Crippen molar-refractivity contribution in [2.24, 2.45) is 0 Å². The molecule has 0 N–H and O–H groups in total. The predicted octanol–water partition coefficient (Wildman–Crippen LogP) is 4.98. The normalized spacial score (nSPS) is 6.83. The summed E-state index contributed by atoms with van der Waals surface area (Å²) in [6, 6.07) is 0. The van der Waals surface area contributed by atoms with Crippen molar-refractivity contribution >= 4 is 5.97 Å². The van der Waals surface area contributed by atoms with Crippen LogP contribution in [0.25, 0.3) is 0 Å². The molecule has 4 heteroatoms. The maximum absolute atomic E-state index is 10.6. The second-order valence-corrected chi connectivity index (χ2v) is 3.81. The van der Waals surface area contributed by atoms with Gasteiger partial charge in [0.25, 0.3) is 0 Å². The van der Waals surface area contributed by atoms with Gasteiger partial charge in [0.05, 0.1) is 7.11 Å². The van der Waals surface area contributed by atoms with Crippen molar-refractivity contribution in [1.29, 1.82) is 0 Å². The molecule has 0 amide bonds. The van der Waals surface area contributed by atoms with Crippen LogP contribution < -0.4 is 0 Å². The van der Waals surface area contributed by atoms with Gasteiger partial charge in [0.15, 0.2) is 0 Å². The topological polar surface area (TPSA) is 60.4 Å². The minimum Gasteiger partial charge on any atom is -0.466 e. The molecule has 0 spiro atoms. The van der Waals surface area contributed by atoms with Crippen molar-refractivity contribution in [3.63, 3.8) is 0 Å². The molecule has 0 aromatic rings. The third-order valence-electron chi connectivity index (χ3n) is 2.14. The Labute approximate surface area is 156 Å². The van der Waals surface area contributed by atoms with Crippen LogP contribution in [-0.2, 0) is 9.53 Å². The van der Waals surface area contributed by atoms with Crippen molar-refractivity contribution in [3.05, 3.63) is 22.1 Å². The van der Waals surface area contributed by atoms with Crippen LogP contribution in [0.15, 0.2) is 12.2 Å². The minimum atomic E-state index is -0.259. The number of esters is 1. The second kappa shape index (κ2) is 27.9. The van der Waals surface area contributed by atoms with Crippen LogP contribution in [0.2, 0.25) is 0 Å². The SMILES string of the molecule is C#CC#CC#CC#CC#C.CCCCCC/C=C/C(=O)OC.O=O.[HH].[HH].[HH].[HH].[HH].[HH].[HH].[HH]. The third kappa shape index (κ3) is 31.2. The molecular formula is C20H36O4. The van der Waals surface area contributed by atoms with Crippen molar-refractivity contribution in [3.8, 4) is 60.2 Å². The number of methoxy groups -OCH3 is 1. The van der Waals surface area contributed by atoms with Gasteiger partial charge in [-0.3, -0.25) is 0 Å². The summed E-state index contributed by atoms with van der Waals surface area (Å²) < 4.78 is 4.45. The van der Waals surface area contributed by atoms with E-state index in [0.717, 1.165) is 6.42 Å². The average molecular weight is 341 g/mol. The lowest BCUT2D eigenvalue weighted by Gasteiger charge is -1.93. The number of carbonyl (C=O) groups excluding carboxylic acids is 1.